The zero-order valence-electron chi connectivity index (χ0n) is 19.1. The number of carboxylic acid groups (broad SMARTS) is 1. The van der Waals surface area contributed by atoms with Crippen molar-refractivity contribution in [3.05, 3.63) is 100.0 Å². The number of hydrogen-bond acceptors (Lipinski definition) is 4. The van der Waals surface area contributed by atoms with Crippen molar-refractivity contribution in [1.29, 1.82) is 0 Å². The van der Waals surface area contributed by atoms with Crippen LogP contribution in [0.2, 0.25) is 0 Å². The van der Waals surface area contributed by atoms with Crippen molar-refractivity contribution in [1.82, 2.24) is 14.9 Å². The molecule has 176 valence electrons. The minimum Gasteiger partial charge on any atom is -0.477 e. The van der Waals surface area contributed by atoms with E-state index in [9.17, 15) is 19.5 Å². The van der Waals surface area contributed by atoms with E-state index in [2.05, 4.69) is 9.97 Å². The predicted octanol–water partition coefficient (Wildman–Crippen LogP) is 4.53. The van der Waals surface area contributed by atoms with Gasteiger partial charge in [-0.25, -0.2) is 9.78 Å². The molecule has 0 spiro atoms. The van der Waals surface area contributed by atoms with Gasteiger partial charge in [0.25, 0.3) is 5.91 Å². The minimum absolute atomic E-state index is 0.0288. The van der Waals surface area contributed by atoms with E-state index < -0.39 is 11.4 Å². The monoisotopic (exact) mass is 467 g/mol. The summed E-state index contributed by atoms with van der Waals surface area (Å²) in [4.78, 5) is 46.2. The van der Waals surface area contributed by atoms with Crippen LogP contribution >= 0.6 is 0 Å². The maximum absolute atomic E-state index is 13.2. The number of aromatic nitrogens is 2. The minimum atomic E-state index is -1.28. The molecule has 0 aliphatic carbocycles. The van der Waals surface area contributed by atoms with Crippen molar-refractivity contribution in [3.8, 4) is 11.1 Å². The van der Waals surface area contributed by atoms with Gasteiger partial charge in [-0.3, -0.25) is 9.59 Å². The van der Waals surface area contributed by atoms with E-state index in [1.807, 2.05) is 65.6 Å². The average molecular weight is 468 g/mol. The Bertz CT molecular complexity index is 1450. The topological polar surface area (TPSA) is 103 Å². The van der Waals surface area contributed by atoms with Gasteiger partial charge in [-0.2, -0.15) is 0 Å². The van der Waals surface area contributed by atoms with Gasteiger partial charge in [0.05, 0.1) is 5.52 Å². The standard InChI is InChI=1S/C28H25N3O4/c32-26-23(28(34)35)17-29-24-15-13-21(30-25(24)26)12-14-22-7-4-16-31(22)27(33)20-10-8-19(9-11-20)18-5-2-1-3-6-18/h1-3,5-6,8-11,13,15,17,22H,4,7,12,14,16H2,(H,29,32)(H,34,35). The van der Waals surface area contributed by atoms with Crippen LogP contribution in [0.15, 0.2) is 77.7 Å². The van der Waals surface area contributed by atoms with Gasteiger partial charge in [0, 0.05) is 30.0 Å². The van der Waals surface area contributed by atoms with Crippen molar-refractivity contribution in [2.45, 2.75) is 31.7 Å². The summed E-state index contributed by atoms with van der Waals surface area (Å²) in [5, 5.41) is 9.20. The number of carbonyl (C=O) groups is 2. The molecule has 1 fully saturated rings. The maximum atomic E-state index is 13.2. The number of benzene rings is 2. The lowest BCUT2D eigenvalue weighted by Crippen LogP contribution is -2.35. The zero-order chi connectivity index (χ0) is 24.4. The van der Waals surface area contributed by atoms with Crippen molar-refractivity contribution < 1.29 is 14.7 Å². The number of fused-ring (bicyclic) bond motifs is 1. The first kappa shape index (κ1) is 22.5. The molecule has 2 N–H and O–H groups in total. The van der Waals surface area contributed by atoms with Crippen LogP contribution in [0.3, 0.4) is 0 Å². The second-order valence-corrected chi connectivity index (χ2v) is 8.81. The Labute approximate surface area is 202 Å². The molecule has 2 aromatic carbocycles. The van der Waals surface area contributed by atoms with Gasteiger partial charge in [0.15, 0.2) is 0 Å². The largest absolute Gasteiger partial charge is 0.477 e. The first-order valence-corrected chi connectivity index (χ1v) is 11.7. The molecule has 35 heavy (non-hydrogen) atoms. The number of aryl methyl sites for hydroxylation is 1. The van der Waals surface area contributed by atoms with Gasteiger partial charge in [0.2, 0.25) is 5.43 Å². The number of hydrogen-bond donors (Lipinski definition) is 2. The number of nitrogens with zero attached hydrogens (tertiary/aromatic N) is 2. The Morgan fingerprint density at radius 3 is 2.49 bits per heavy atom. The third-order valence-corrected chi connectivity index (χ3v) is 6.63. The second-order valence-electron chi connectivity index (χ2n) is 8.81. The zero-order valence-corrected chi connectivity index (χ0v) is 19.1. The highest BCUT2D eigenvalue weighted by Gasteiger charge is 2.29. The molecule has 0 saturated carbocycles. The van der Waals surface area contributed by atoms with E-state index in [0.717, 1.165) is 36.9 Å². The fourth-order valence-electron chi connectivity index (χ4n) is 4.75. The summed E-state index contributed by atoms with van der Waals surface area (Å²) >= 11 is 0. The Hall–Kier alpha value is -4.26. The highest BCUT2D eigenvalue weighted by Crippen LogP contribution is 2.25. The van der Waals surface area contributed by atoms with Crippen LogP contribution in [0.25, 0.3) is 22.2 Å². The van der Waals surface area contributed by atoms with Crippen LogP contribution < -0.4 is 5.43 Å². The fraction of sp³-hybridized carbons (Fsp3) is 0.214. The third kappa shape index (κ3) is 4.57. The number of likely N-dealkylation sites (tertiary alicyclic amines) is 1. The molecule has 2 aromatic heterocycles. The highest BCUT2D eigenvalue weighted by molar-refractivity contribution is 5.95. The van der Waals surface area contributed by atoms with E-state index in [0.29, 0.717) is 23.2 Å². The fourth-order valence-corrected chi connectivity index (χ4v) is 4.75. The van der Waals surface area contributed by atoms with Gasteiger partial charge in [-0.1, -0.05) is 42.5 Å². The smallest absolute Gasteiger partial charge is 0.341 e. The molecule has 1 unspecified atom stereocenters. The summed E-state index contributed by atoms with van der Waals surface area (Å²) in [5.74, 6) is -1.25. The van der Waals surface area contributed by atoms with Crippen molar-refractivity contribution >= 4 is 22.9 Å². The highest BCUT2D eigenvalue weighted by atomic mass is 16.4. The third-order valence-electron chi connectivity index (χ3n) is 6.63. The second kappa shape index (κ2) is 9.54. The molecule has 3 heterocycles. The maximum Gasteiger partial charge on any atom is 0.341 e. The normalized spacial score (nSPS) is 15.4. The molecule has 0 bridgehead atoms. The van der Waals surface area contributed by atoms with Crippen LogP contribution in [0.4, 0.5) is 0 Å². The first-order chi connectivity index (χ1) is 17.0. The van der Waals surface area contributed by atoms with Crippen LogP contribution in [-0.4, -0.2) is 44.4 Å². The summed E-state index contributed by atoms with van der Waals surface area (Å²) in [5.41, 5.74) is 3.27. The quantitative estimate of drug-likeness (QED) is 0.434. The van der Waals surface area contributed by atoms with Gasteiger partial charge in [0.1, 0.15) is 11.1 Å². The predicted molar refractivity (Wildman–Crippen MR) is 134 cm³/mol. The molecule has 0 radical (unpaired) electrons. The van der Waals surface area contributed by atoms with Gasteiger partial charge in [-0.15, -0.1) is 0 Å². The Morgan fingerprint density at radius 1 is 1.00 bits per heavy atom. The van der Waals surface area contributed by atoms with E-state index in [-0.39, 0.29) is 23.0 Å². The summed E-state index contributed by atoms with van der Waals surface area (Å²) in [6.07, 6.45) is 4.39. The number of rotatable bonds is 6. The number of carboxylic acids is 1. The Balaban J connectivity index is 1.29. The van der Waals surface area contributed by atoms with E-state index in [1.54, 1.807) is 6.07 Å². The molecule has 4 aromatic rings. The van der Waals surface area contributed by atoms with E-state index >= 15 is 0 Å². The molecule has 7 heteroatoms. The van der Waals surface area contributed by atoms with Crippen LogP contribution in [-0.2, 0) is 6.42 Å². The SMILES string of the molecule is O=C(O)c1c[nH]c2ccc(CCC3CCCN3C(=O)c3ccc(-c4ccccc4)cc3)nc2c1=O. The number of carbonyl (C=O) groups excluding carboxylic acids is 1. The van der Waals surface area contributed by atoms with Gasteiger partial charge in [-0.05, 0) is 61.1 Å². The first-order valence-electron chi connectivity index (χ1n) is 11.7. The molecule has 5 rings (SSSR count). The lowest BCUT2D eigenvalue weighted by molar-refractivity contribution is 0.0693. The number of H-pyrrole nitrogens is 1. The van der Waals surface area contributed by atoms with Gasteiger partial charge < -0.3 is 15.0 Å². The van der Waals surface area contributed by atoms with Crippen molar-refractivity contribution in [2.24, 2.45) is 0 Å². The molecule has 1 aliphatic heterocycles. The van der Waals surface area contributed by atoms with Crippen molar-refractivity contribution in [3.63, 3.8) is 0 Å². The van der Waals surface area contributed by atoms with Crippen molar-refractivity contribution in [2.75, 3.05) is 6.54 Å². The van der Waals surface area contributed by atoms with Gasteiger partial charge >= 0.3 is 5.97 Å². The molecule has 1 aliphatic rings. The summed E-state index contributed by atoms with van der Waals surface area (Å²) in [6.45, 7) is 0.719. The van der Waals surface area contributed by atoms with Crippen LogP contribution in [0, 0.1) is 0 Å². The number of nitrogens with one attached hydrogen (secondary N) is 1. The molecule has 1 saturated heterocycles. The number of aromatic amines is 1. The summed E-state index contributed by atoms with van der Waals surface area (Å²) in [6, 6.07) is 21.5. The molecular formula is C28H25N3O4. The number of pyridine rings is 2. The van der Waals surface area contributed by atoms with E-state index in [1.165, 1.54) is 6.20 Å². The molecule has 1 amide bonds. The lowest BCUT2D eigenvalue weighted by atomic mass is 10.0. The molecule has 7 nitrogen and oxygen atoms in total. The lowest BCUT2D eigenvalue weighted by Gasteiger charge is -2.25. The Kier molecular flexibility index (Phi) is 6.14. The summed E-state index contributed by atoms with van der Waals surface area (Å²) < 4.78 is 0. The average Bonchev–Trinajstić information content (AvgIpc) is 3.36. The Morgan fingerprint density at radius 2 is 1.74 bits per heavy atom. The molecular weight excluding hydrogens is 442 g/mol. The van der Waals surface area contributed by atoms with Crippen LogP contribution in [0.1, 0.15) is 45.7 Å². The number of amides is 1. The number of aromatic carboxylic acids is 1. The van der Waals surface area contributed by atoms with Crippen LogP contribution in [0.5, 0.6) is 0 Å². The van der Waals surface area contributed by atoms with E-state index in [4.69, 9.17) is 0 Å². The molecule has 1 atom stereocenters. The summed E-state index contributed by atoms with van der Waals surface area (Å²) in [7, 11) is 0.